The average Bonchev–Trinajstić information content (AvgIpc) is 2.41. The van der Waals surface area contributed by atoms with E-state index >= 15 is 0 Å². The maximum Gasteiger partial charge on any atom is 0.306 e. The van der Waals surface area contributed by atoms with Crippen molar-refractivity contribution in [1.82, 2.24) is 4.98 Å². The average molecular weight is 262 g/mol. The Morgan fingerprint density at radius 3 is 2.79 bits per heavy atom. The second kappa shape index (κ2) is 5.82. The van der Waals surface area contributed by atoms with Gasteiger partial charge in [-0.1, -0.05) is 6.42 Å². The molecule has 2 N–H and O–H groups in total. The highest BCUT2D eigenvalue weighted by atomic mass is 16.4. The monoisotopic (exact) mass is 262 g/mol. The second-order valence-electron chi connectivity index (χ2n) is 5.08. The van der Waals surface area contributed by atoms with Crippen molar-refractivity contribution in [3.05, 3.63) is 24.0 Å². The van der Waals surface area contributed by atoms with Gasteiger partial charge >= 0.3 is 5.97 Å². The largest absolute Gasteiger partial charge is 0.481 e. The number of pyridine rings is 1. The first-order chi connectivity index (χ1) is 9.08. The predicted molar refractivity (Wildman–Crippen MR) is 70.7 cm³/mol. The highest BCUT2D eigenvalue weighted by molar-refractivity contribution is 5.93. The van der Waals surface area contributed by atoms with Crippen LogP contribution in [0.1, 0.15) is 31.2 Å². The molecule has 0 spiro atoms. The van der Waals surface area contributed by atoms with Crippen molar-refractivity contribution in [3.8, 4) is 0 Å². The molecule has 1 fully saturated rings. The van der Waals surface area contributed by atoms with Crippen LogP contribution >= 0.6 is 0 Å². The Labute approximate surface area is 112 Å². The molecule has 1 aliphatic rings. The molecule has 2 unspecified atom stereocenters. The fourth-order valence-electron chi connectivity index (χ4n) is 2.50. The van der Waals surface area contributed by atoms with E-state index in [1.165, 1.54) is 0 Å². The minimum atomic E-state index is -0.794. The zero-order valence-electron chi connectivity index (χ0n) is 10.9. The summed E-state index contributed by atoms with van der Waals surface area (Å²) in [5.74, 6) is -1.47. The van der Waals surface area contributed by atoms with Crippen LogP contribution in [0.4, 0.5) is 5.69 Å². The van der Waals surface area contributed by atoms with Crippen molar-refractivity contribution in [3.63, 3.8) is 0 Å². The van der Waals surface area contributed by atoms with Gasteiger partial charge in [0.2, 0.25) is 5.91 Å². The number of aryl methyl sites for hydroxylation is 1. The van der Waals surface area contributed by atoms with E-state index in [-0.39, 0.29) is 17.7 Å². The summed E-state index contributed by atoms with van der Waals surface area (Å²) < 4.78 is 0. The van der Waals surface area contributed by atoms with E-state index in [9.17, 15) is 9.59 Å². The molecule has 0 saturated heterocycles. The van der Waals surface area contributed by atoms with E-state index < -0.39 is 5.97 Å². The van der Waals surface area contributed by atoms with Crippen LogP contribution in [0.5, 0.6) is 0 Å². The Bertz CT molecular complexity index is 487. The summed E-state index contributed by atoms with van der Waals surface area (Å²) in [6, 6.07) is 1.75. The van der Waals surface area contributed by atoms with Crippen LogP contribution in [-0.4, -0.2) is 22.0 Å². The number of rotatable bonds is 3. The van der Waals surface area contributed by atoms with Gasteiger partial charge in [0.05, 0.1) is 5.92 Å². The van der Waals surface area contributed by atoms with Gasteiger partial charge in [-0.15, -0.1) is 0 Å². The fourth-order valence-corrected chi connectivity index (χ4v) is 2.50. The SMILES string of the molecule is Cc1cnccc1NC(=O)C1CCCC(C(=O)O)C1. The lowest BCUT2D eigenvalue weighted by molar-refractivity contribution is -0.143. The smallest absolute Gasteiger partial charge is 0.306 e. The quantitative estimate of drug-likeness (QED) is 0.875. The molecule has 0 aromatic carbocycles. The van der Waals surface area contributed by atoms with Gasteiger partial charge in [-0.3, -0.25) is 14.6 Å². The summed E-state index contributed by atoms with van der Waals surface area (Å²) in [6.45, 7) is 1.88. The van der Waals surface area contributed by atoms with Gasteiger partial charge in [0, 0.05) is 24.0 Å². The van der Waals surface area contributed by atoms with E-state index in [2.05, 4.69) is 10.3 Å². The molecule has 0 aliphatic heterocycles. The van der Waals surface area contributed by atoms with E-state index in [4.69, 9.17) is 5.11 Å². The van der Waals surface area contributed by atoms with Gasteiger partial charge in [0.1, 0.15) is 0 Å². The van der Waals surface area contributed by atoms with Crippen molar-refractivity contribution >= 4 is 17.6 Å². The highest BCUT2D eigenvalue weighted by Crippen LogP contribution is 2.30. The molecule has 0 bridgehead atoms. The lowest BCUT2D eigenvalue weighted by Crippen LogP contribution is -2.31. The minimum Gasteiger partial charge on any atom is -0.481 e. The molecule has 1 aromatic rings. The molecule has 5 nitrogen and oxygen atoms in total. The topological polar surface area (TPSA) is 79.3 Å². The zero-order valence-corrected chi connectivity index (χ0v) is 10.9. The first-order valence-electron chi connectivity index (χ1n) is 6.52. The summed E-state index contributed by atoms with van der Waals surface area (Å²) in [6.07, 6.45) is 5.99. The molecule has 1 saturated carbocycles. The third kappa shape index (κ3) is 3.30. The van der Waals surface area contributed by atoms with Gasteiger partial charge in [0.15, 0.2) is 0 Å². The molecular weight excluding hydrogens is 244 g/mol. The number of carboxylic acids is 1. The van der Waals surface area contributed by atoms with Crippen LogP contribution < -0.4 is 5.32 Å². The molecule has 0 radical (unpaired) electrons. The number of aromatic nitrogens is 1. The number of amides is 1. The number of nitrogens with one attached hydrogen (secondary N) is 1. The van der Waals surface area contributed by atoms with Crippen LogP contribution in [0.15, 0.2) is 18.5 Å². The maximum atomic E-state index is 12.2. The standard InChI is InChI=1S/C14H18N2O3/c1-9-8-15-6-5-12(9)16-13(17)10-3-2-4-11(7-10)14(18)19/h5-6,8,10-11H,2-4,7H2,1H3,(H,18,19)(H,15,16,17). The number of aliphatic carboxylic acids is 1. The van der Waals surface area contributed by atoms with E-state index in [0.29, 0.717) is 12.8 Å². The molecule has 1 aliphatic carbocycles. The third-order valence-corrected chi connectivity index (χ3v) is 3.67. The lowest BCUT2D eigenvalue weighted by Gasteiger charge is -2.25. The lowest BCUT2D eigenvalue weighted by atomic mass is 9.81. The van der Waals surface area contributed by atoms with Crippen molar-refractivity contribution in [2.24, 2.45) is 11.8 Å². The summed E-state index contributed by atoms with van der Waals surface area (Å²) in [7, 11) is 0. The summed E-state index contributed by atoms with van der Waals surface area (Å²) >= 11 is 0. The zero-order chi connectivity index (χ0) is 13.8. The number of anilines is 1. The molecule has 102 valence electrons. The molecular formula is C14H18N2O3. The molecule has 19 heavy (non-hydrogen) atoms. The maximum absolute atomic E-state index is 12.2. The molecule has 1 heterocycles. The Morgan fingerprint density at radius 2 is 2.11 bits per heavy atom. The van der Waals surface area contributed by atoms with E-state index in [1.54, 1.807) is 18.5 Å². The number of carbonyl (C=O) groups excluding carboxylic acids is 1. The Morgan fingerprint density at radius 1 is 1.37 bits per heavy atom. The van der Waals surface area contributed by atoms with Crippen LogP contribution in [0.25, 0.3) is 0 Å². The van der Waals surface area contributed by atoms with Crippen molar-refractivity contribution < 1.29 is 14.7 Å². The van der Waals surface area contributed by atoms with Crippen molar-refractivity contribution in [2.45, 2.75) is 32.6 Å². The number of hydrogen-bond acceptors (Lipinski definition) is 3. The highest BCUT2D eigenvalue weighted by Gasteiger charge is 2.31. The first kappa shape index (κ1) is 13.5. The van der Waals surface area contributed by atoms with Crippen LogP contribution in [0.2, 0.25) is 0 Å². The van der Waals surface area contributed by atoms with Crippen molar-refractivity contribution in [1.29, 1.82) is 0 Å². The number of carboxylic acid groups (broad SMARTS) is 1. The summed E-state index contributed by atoms with van der Waals surface area (Å²) in [5.41, 5.74) is 1.65. The molecule has 2 atom stereocenters. The van der Waals surface area contributed by atoms with Crippen LogP contribution in [0.3, 0.4) is 0 Å². The number of hydrogen-bond donors (Lipinski definition) is 2. The van der Waals surface area contributed by atoms with E-state index in [1.807, 2.05) is 6.92 Å². The Balaban J connectivity index is 2.00. The molecule has 1 aromatic heterocycles. The van der Waals surface area contributed by atoms with Gasteiger partial charge in [-0.2, -0.15) is 0 Å². The van der Waals surface area contributed by atoms with Crippen LogP contribution in [-0.2, 0) is 9.59 Å². The first-order valence-corrected chi connectivity index (χ1v) is 6.52. The summed E-state index contributed by atoms with van der Waals surface area (Å²) in [4.78, 5) is 27.1. The van der Waals surface area contributed by atoms with E-state index in [0.717, 1.165) is 24.1 Å². The minimum absolute atomic E-state index is 0.0831. The Kier molecular flexibility index (Phi) is 4.14. The Hall–Kier alpha value is -1.91. The molecule has 1 amide bonds. The number of carbonyl (C=O) groups is 2. The van der Waals surface area contributed by atoms with Crippen LogP contribution in [0, 0.1) is 18.8 Å². The van der Waals surface area contributed by atoms with Gasteiger partial charge in [-0.25, -0.2) is 0 Å². The van der Waals surface area contributed by atoms with Gasteiger partial charge in [-0.05, 0) is 37.8 Å². The summed E-state index contributed by atoms with van der Waals surface area (Å²) in [5, 5.41) is 11.9. The predicted octanol–water partition coefficient (Wildman–Crippen LogP) is 2.22. The molecule has 5 heteroatoms. The fraction of sp³-hybridized carbons (Fsp3) is 0.500. The molecule has 2 rings (SSSR count). The van der Waals surface area contributed by atoms with Gasteiger partial charge < -0.3 is 10.4 Å². The number of nitrogens with zero attached hydrogens (tertiary/aromatic N) is 1. The normalized spacial score (nSPS) is 22.8. The third-order valence-electron chi connectivity index (χ3n) is 3.67. The van der Waals surface area contributed by atoms with Gasteiger partial charge in [0.25, 0.3) is 0 Å². The van der Waals surface area contributed by atoms with Crippen molar-refractivity contribution in [2.75, 3.05) is 5.32 Å². The second-order valence-corrected chi connectivity index (χ2v) is 5.08.